The molecule has 0 spiro atoms. The summed E-state index contributed by atoms with van der Waals surface area (Å²) in [7, 11) is 1.74. The van der Waals surface area contributed by atoms with Crippen molar-refractivity contribution in [3.05, 3.63) is 17.5 Å². The summed E-state index contributed by atoms with van der Waals surface area (Å²) in [6.07, 6.45) is 2.21. The number of nitrogens with one attached hydrogen (secondary N) is 1. The minimum atomic E-state index is -0.122. The molecule has 0 aliphatic carbocycles. The summed E-state index contributed by atoms with van der Waals surface area (Å²) < 4.78 is 10.5. The zero-order valence-corrected chi connectivity index (χ0v) is 11.7. The van der Waals surface area contributed by atoms with Gasteiger partial charge in [-0.05, 0) is 26.7 Å². The van der Waals surface area contributed by atoms with E-state index in [1.807, 2.05) is 19.9 Å². The number of nitrogens with zero attached hydrogens (tertiary/aromatic N) is 2. The largest absolute Gasteiger partial charge is 0.376 e. The first-order valence-electron chi connectivity index (χ1n) is 6.61. The standard InChI is InChI=1S/C13H21N3O3/c1-9-7-11(15-19-9)8-16(3)13(17)14-10(2)12-5-4-6-18-12/h7,10,12H,4-6,8H2,1-3H3,(H,14,17)/t10-,12+/m1/s1. The molecule has 1 N–H and O–H groups in total. The lowest BCUT2D eigenvalue weighted by molar-refractivity contribution is 0.0837. The fourth-order valence-electron chi connectivity index (χ4n) is 2.20. The quantitative estimate of drug-likeness (QED) is 0.901. The first-order valence-corrected chi connectivity index (χ1v) is 6.61. The Morgan fingerprint density at radius 3 is 3.05 bits per heavy atom. The van der Waals surface area contributed by atoms with Crippen LogP contribution in [0.4, 0.5) is 4.79 Å². The number of hydrogen-bond donors (Lipinski definition) is 1. The van der Waals surface area contributed by atoms with Crippen molar-refractivity contribution in [3.8, 4) is 0 Å². The molecule has 1 aromatic rings. The number of amides is 2. The van der Waals surface area contributed by atoms with Gasteiger partial charge in [-0.15, -0.1) is 0 Å². The van der Waals surface area contributed by atoms with Crippen molar-refractivity contribution < 1.29 is 14.1 Å². The first kappa shape index (κ1) is 13.9. The zero-order chi connectivity index (χ0) is 13.8. The molecule has 2 heterocycles. The number of urea groups is 1. The molecule has 19 heavy (non-hydrogen) atoms. The molecule has 1 aromatic heterocycles. The van der Waals surface area contributed by atoms with Crippen molar-refractivity contribution in [2.45, 2.75) is 45.4 Å². The SMILES string of the molecule is Cc1cc(CN(C)C(=O)N[C@H](C)[C@@H]2CCCO2)no1. The molecule has 2 rings (SSSR count). The molecule has 0 unspecified atom stereocenters. The first-order chi connectivity index (χ1) is 9.06. The lowest BCUT2D eigenvalue weighted by Gasteiger charge is -2.23. The molecular weight excluding hydrogens is 246 g/mol. The lowest BCUT2D eigenvalue weighted by Crippen LogP contribution is -2.46. The highest BCUT2D eigenvalue weighted by Crippen LogP contribution is 2.15. The molecule has 0 radical (unpaired) electrons. The topological polar surface area (TPSA) is 67.6 Å². The molecule has 2 amide bonds. The third-order valence-electron chi connectivity index (χ3n) is 3.30. The molecule has 6 heteroatoms. The summed E-state index contributed by atoms with van der Waals surface area (Å²) in [4.78, 5) is 13.6. The van der Waals surface area contributed by atoms with Crippen LogP contribution in [0, 0.1) is 6.92 Å². The second-order valence-electron chi connectivity index (χ2n) is 5.07. The van der Waals surface area contributed by atoms with E-state index < -0.39 is 0 Å². The number of ether oxygens (including phenoxy) is 1. The summed E-state index contributed by atoms with van der Waals surface area (Å²) >= 11 is 0. The Morgan fingerprint density at radius 1 is 1.68 bits per heavy atom. The monoisotopic (exact) mass is 267 g/mol. The molecule has 1 saturated heterocycles. The normalized spacial score (nSPS) is 20.3. The fourth-order valence-corrected chi connectivity index (χ4v) is 2.20. The van der Waals surface area contributed by atoms with E-state index in [-0.39, 0.29) is 18.2 Å². The molecule has 1 fully saturated rings. The summed E-state index contributed by atoms with van der Waals surface area (Å²) in [5, 5.41) is 6.83. The molecule has 6 nitrogen and oxygen atoms in total. The predicted molar refractivity (Wildman–Crippen MR) is 69.7 cm³/mol. The van der Waals surface area contributed by atoms with Crippen LogP contribution < -0.4 is 5.32 Å². The zero-order valence-electron chi connectivity index (χ0n) is 11.7. The van der Waals surface area contributed by atoms with Crippen LogP contribution >= 0.6 is 0 Å². The summed E-state index contributed by atoms with van der Waals surface area (Å²) in [5.41, 5.74) is 0.750. The van der Waals surface area contributed by atoms with E-state index in [0.717, 1.165) is 30.9 Å². The van der Waals surface area contributed by atoms with Crippen molar-refractivity contribution in [3.63, 3.8) is 0 Å². The van der Waals surface area contributed by atoms with Gasteiger partial charge in [-0.1, -0.05) is 5.16 Å². The number of carbonyl (C=O) groups is 1. The molecule has 0 saturated carbocycles. The Hall–Kier alpha value is -1.56. The minimum Gasteiger partial charge on any atom is -0.376 e. The van der Waals surface area contributed by atoms with Crippen LogP contribution in [-0.2, 0) is 11.3 Å². The Balaban J connectivity index is 1.81. The van der Waals surface area contributed by atoms with Gasteiger partial charge in [0, 0.05) is 19.7 Å². The van der Waals surface area contributed by atoms with Gasteiger partial charge in [0.1, 0.15) is 11.5 Å². The van der Waals surface area contributed by atoms with E-state index in [0.29, 0.717) is 6.54 Å². The second-order valence-corrected chi connectivity index (χ2v) is 5.07. The van der Waals surface area contributed by atoms with E-state index in [4.69, 9.17) is 9.26 Å². The van der Waals surface area contributed by atoms with Crippen molar-refractivity contribution in [1.82, 2.24) is 15.4 Å². The van der Waals surface area contributed by atoms with Crippen LogP contribution in [0.25, 0.3) is 0 Å². The van der Waals surface area contributed by atoms with E-state index >= 15 is 0 Å². The fraction of sp³-hybridized carbons (Fsp3) is 0.692. The maximum atomic E-state index is 12.0. The summed E-state index contributed by atoms with van der Waals surface area (Å²) in [6, 6.07) is 1.73. The Bertz CT molecular complexity index is 427. The smallest absolute Gasteiger partial charge is 0.317 e. The van der Waals surface area contributed by atoms with Gasteiger partial charge in [-0.3, -0.25) is 0 Å². The average Bonchev–Trinajstić information content (AvgIpc) is 3.00. The minimum absolute atomic E-state index is 0.0245. The number of carbonyl (C=O) groups excluding carboxylic acids is 1. The molecule has 1 aliphatic heterocycles. The summed E-state index contributed by atoms with van der Waals surface area (Å²) in [6.45, 7) is 5.03. The molecule has 1 aliphatic rings. The van der Waals surface area contributed by atoms with E-state index in [9.17, 15) is 4.79 Å². The average molecular weight is 267 g/mol. The van der Waals surface area contributed by atoms with Crippen LogP contribution in [-0.4, -0.2) is 41.9 Å². The third kappa shape index (κ3) is 3.70. The van der Waals surface area contributed by atoms with Crippen LogP contribution in [0.1, 0.15) is 31.2 Å². The number of aromatic nitrogens is 1. The molecular formula is C13H21N3O3. The maximum absolute atomic E-state index is 12.0. The predicted octanol–water partition coefficient (Wildman–Crippen LogP) is 1.69. The second kappa shape index (κ2) is 6.06. The Labute approximate surface area is 113 Å². The third-order valence-corrected chi connectivity index (χ3v) is 3.30. The highest BCUT2D eigenvalue weighted by atomic mass is 16.5. The van der Waals surface area contributed by atoms with Gasteiger partial charge in [0.25, 0.3) is 0 Å². The number of hydrogen-bond acceptors (Lipinski definition) is 4. The highest BCUT2D eigenvalue weighted by Gasteiger charge is 2.24. The molecule has 0 bridgehead atoms. The van der Waals surface area contributed by atoms with Gasteiger partial charge >= 0.3 is 6.03 Å². The lowest BCUT2D eigenvalue weighted by atomic mass is 10.1. The van der Waals surface area contributed by atoms with Crippen molar-refractivity contribution >= 4 is 6.03 Å². The van der Waals surface area contributed by atoms with Crippen molar-refractivity contribution in [1.29, 1.82) is 0 Å². The van der Waals surface area contributed by atoms with E-state index in [2.05, 4.69) is 10.5 Å². The van der Waals surface area contributed by atoms with E-state index in [1.54, 1.807) is 11.9 Å². The molecule has 0 aromatic carbocycles. The number of aryl methyl sites for hydroxylation is 1. The molecule has 106 valence electrons. The maximum Gasteiger partial charge on any atom is 0.317 e. The van der Waals surface area contributed by atoms with E-state index in [1.165, 1.54) is 0 Å². The van der Waals surface area contributed by atoms with Gasteiger partial charge < -0.3 is 19.5 Å². The van der Waals surface area contributed by atoms with Crippen LogP contribution in [0.5, 0.6) is 0 Å². The van der Waals surface area contributed by atoms with Gasteiger partial charge in [-0.25, -0.2) is 4.79 Å². The van der Waals surface area contributed by atoms with Crippen molar-refractivity contribution in [2.75, 3.05) is 13.7 Å². The van der Waals surface area contributed by atoms with Gasteiger partial charge in [-0.2, -0.15) is 0 Å². The van der Waals surface area contributed by atoms with Crippen LogP contribution in [0.2, 0.25) is 0 Å². The number of rotatable bonds is 4. The Morgan fingerprint density at radius 2 is 2.47 bits per heavy atom. The Kier molecular flexibility index (Phi) is 4.42. The molecule has 2 atom stereocenters. The van der Waals surface area contributed by atoms with Crippen LogP contribution in [0.15, 0.2) is 10.6 Å². The van der Waals surface area contributed by atoms with Crippen molar-refractivity contribution in [2.24, 2.45) is 0 Å². The summed E-state index contributed by atoms with van der Waals surface area (Å²) in [5.74, 6) is 0.747. The van der Waals surface area contributed by atoms with Gasteiger partial charge in [0.2, 0.25) is 0 Å². The van der Waals surface area contributed by atoms with Gasteiger partial charge in [0.05, 0.1) is 18.7 Å². The van der Waals surface area contributed by atoms with Gasteiger partial charge in [0.15, 0.2) is 0 Å². The highest BCUT2D eigenvalue weighted by molar-refractivity contribution is 5.74. The van der Waals surface area contributed by atoms with Crippen LogP contribution in [0.3, 0.4) is 0 Å².